The number of unbranched alkanes of at least 4 members (excludes halogenated alkanes) is 12. The van der Waals surface area contributed by atoms with Crippen molar-refractivity contribution in [3.8, 4) is 0 Å². The number of rotatable bonds is 36. The molecule has 0 heterocycles. The van der Waals surface area contributed by atoms with Gasteiger partial charge in [0.15, 0.2) is 6.10 Å². The second-order valence-electron chi connectivity index (χ2n) is 15.4. The lowest BCUT2D eigenvalue weighted by molar-refractivity contribution is -0.161. The Kier molecular flexibility index (Phi) is 32.0. The van der Waals surface area contributed by atoms with Gasteiger partial charge in [-0.3, -0.25) is 18.6 Å². The summed E-state index contributed by atoms with van der Waals surface area (Å²) in [5.41, 5.74) is 0. The molecule has 0 aliphatic heterocycles. The van der Waals surface area contributed by atoms with Crippen LogP contribution < -0.4 is 0 Å². The van der Waals surface area contributed by atoms with E-state index in [9.17, 15) is 39.5 Å². The number of aliphatic hydroxyl groups excluding tert-OH is 5. The number of phosphoric acid groups is 1. The van der Waals surface area contributed by atoms with E-state index >= 15 is 0 Å². The summed E-state index contributed by atoms with van der Waals surface area (Å²) in [5.74, 6) is -1.60. The Balaban J connectivity index is 2.50. The Labute approximate surface area is 348 Å². The number of ether oxygens (including phenoxy) is 2. The van der Waals surface area contributed by atoms with Crippen molar-refractivity contribution in [3.63, 3.8) is 0 Å². The quantitative estimate of drug-likeness (QED) is 0.0118. The average Bonchev–Trinajstić information content (AvgIpc) is 3.47. The summed E-state index contributed by atoms with van der Waals surface area (Å²) in [4.78, 5) is 35.2. The first kappa shape index (κ1) is 53.8. The maximum absolute atomic E-state index is 12.7. The van der Waals surface area contributed by atoms with Gasteiger partial charge < -0.3 is 39.9 Å². The van der Waals surface area contributed by atoms with Gasteiger partial charge >= 0.3 is 19.8 Å². The summed E-state index contributed by atoms with van der Waals surface area (Å²) in [7, 11) is -4.69. The molecule has 1 saturated carbocycles. The normalized spacial score (nSPS) is 21.3. The maximum atomic E-state index is 12.7. The molecule has 1 aliphatic carbocycles. The van der Waals surface area contributed by atoms with E-state index in [0.717, 1.165) is 57.8 Å². The van der Waals surface area contributed by atoms with E-state index in [0.29, 0.717) is 32.1 Å². The lowest BCUT2D eigenvalue weighted by Gasteiger charge is -2.20. The number of phosphoric ester groups is 1. The highest BCUT2D eigenvalue weighted by Crippen LogP contribution is 2.43. The van der Waals surface area contributed by atoms with Gasteiger partial charge in [-0.05, 0) is 63.7 Å². The molecule has 0 amide bonds. The van der Waals surface area contributed by atoms with E-state index in [1.54, 1.807) is 6.08 Å². The molecule has 1 fully saturated rings. The van der Waals surface area contributed by atoms with Crippen molar-refractivity contribution >= 4 is 19.8 Å². The summed E-state index contributed by atoms with van der Waals surface area (Å²) in [5, 5.41) is 49.7. The molecule has 14 heteroatoms. The number of aliphatic hydroxyl groups is 5. The number of allylic oxidation sites excluding steroid dienone is 6. The smallest absolute Gasteiger partial charge is 0.462 e. The highest BCUT2D eigenvalue weighted by molar-refractivity contribution is 7.47. The van der Waals surface area contributed by atoms with E-state index in [1.165, 1.54) is 25.7 Å². The van der Waals surface area contributed by atoms with Crippen LogP contribution in [0.25, 0.3) is 0 Å². The van der Waals surface area contributed by atoms with Crippen molar-refractivity contribution < 1.29 is 63.1 Å². The first-order valence-corrected chi connectivity index (χ1v) is 23.4. The minimum atomic E-state index is -4.69. The molecule has 6 N–H and O–H groups in total. The van der Waals surface area contributed by atoms with Crippen molar-refractivity contribution in [1.82, 2.24) is 0 Å². The molecule has 0 aromatic rings. The second-order valence-corrected chi connectivity index (χ2v) is 16.8. The predicted molar refractivity (Wildman–Crippen MR) is 226 cm³/mol. The first-order valence-electron chi connectivity index (χ1n) is 21.9. The predicted octanol–water partition coefficient (Wildman–Crippen LogP) is 7.71. The van der Waals surface area contributed by atoms with Crippen LogP contribution in [0.1, 0.15) is 149 Å². The van der Waals surface area contributed by atoms with Crippen molar-refractivity contribution in [2.24, 2.45) is 11.8 Å². The Bertz CT molecular complexity index is 1220. The molecule has 1 rings (SSSR count). The standard InChI is InChI=1S/C44H77O13P/c1-3-5-7-8-9-10-11-12-13-14-15-16-17-18-23-27-43(50)54-34-38(35-56-58(52,53)55-33-37(47)32-45)57-44(51)28-24-20-19-22-26-39-40(42(49)31-41(39)48)30-29-36(46)25-21-6-4-2/h10-13,19,22,29-30,36-42,45-49H,3-9,14-18,20-21,23-28,31-35H2,1-2H3,(H,52,53)/b11-10-,13-12-,22-19+,30-29+/t36-,37-,38+,39+,40+,41-,42+/m0/s1. The van der Waals surface area contributed by atoms with Gasteiger partial charge in [-0.2, -0.15) is 0 Å². The van der Waals surface area contributed by atoms with Gasteiger partial charge in [0.25, 0.3) is 0 Å². The molecule has 1 aliphatic rings. The van der Waals surface area contributed by atoms with Crippen LogP contribution >= 0.6 is 7.82 Å². The fourth-order valence-electron chi connectivity index (χ4n) is 6.57. The topological polar surface area (TPSA) is 210 Å². The molecular formula is C44H77O13P. The van der Waals surface area contributed by atoms with E-state index in [2.05, 4.69) is 42.7 Å². The molecule has 13 nitrogen and oxygen atoms in total. The second kappa shape index (κ2) is 34.5. The summed E-state index contributed by atoms with van der Waals surface area (Å²) in [6.45, 7) is 1.95. The van der Waals surface area contributed by atoms with E-state index < -0.39 is 76.7 Å². The molecule has 0 saturated heterocycles. The first-order chi connectivity index (χ1) is 27.9. The highest BCUT2D eigenvalue weighted by Gasteiger charge is 2.39. The van der Waals surface area contributed by atoms with Crippen molar-refractivity contribution in [2.75, 3.05) is 26.4 Å². The lowest BCUT2D eigenvalue weighted by atomic mass is 9.89. The zero-order valence-electron chi connectivity index (χ0n) is 35.3. The number of hydrogen-bond acceptors (Lipinski definition) is 12. The molecule has 0 aromatic carbocycles. The van der Waals surface area contributed by atoms with Crippen LogP contribution in [0.4, 0.5) is 0 Å². The van der Waals surface area contributed by atoms with Crippen LogP contribution in [0, 0.1) is 11.8 Å². The van der Waals surface area contributed by atoms with Gasteiger partial charge in [-0.25, -0.2) is 4.57 Å². The Morgan fingerprint density at radius 1 is 0.724 bits per heavy atom. The number of hydrogen-bond donors (Lipinski definition) is 6. The highest BCUT2D eigenvalue weighted by atomic mass is 31.2. The van der Waals surface area contributed by atoms with Gasteiger partial charge in [0.1, 0.15) is 12.7 Å². The lowest BCUT2D eigenvalue weighted by Crippen LogP contribution is -2.29. The van der Waals surface area contributed by atoms with Crippen LogP contribution in [0.3, 0.4) is 0 Å². The third-order valence-electron chi connectivity index (χ3n) is 10.1. The molecule has 0 spiro atoms. The molecule has 58 heavy (non-hydrogen) atoms. The fourth-order valence-corrected chi connectivity index (χ4v) is 7.35. The minimum absolute atomic E-state index is 0.00241. The molecule has 8 atom stereocenters. The Morgan fingerprint density at radius 3 is 2.02 bits per heavy atom. The maximum Gasteiger partial charge on any atom is 0.472 e. The van der Waals surface area contributed by atoms with Gasteiger partial charge in [0.05, 0.1) is 38.1 Å². The third kappa shape index (κ3) is 28.3. The zero-order chi connectivity index (χ0) is 42.9. The van der Waals surface area contributed by atoms with E-state index in [-0.39, 0.29) is 31.1 Å². The monoisotopic (exact) mass is 845 g/mol. The van der Waals surface area contributed by atoms with Gasteiger partial charge in [-0.1, -0.05) is 120 Å². The van der Waals surface area contributed by atoms with Crippen molar-refractivity contribution in [3.05, 3.63) is 48.6 Å². The van der Waals surface area contributed by atoms with E-state index in [1.807, 2.05) is 18.2 Å². The van der Waals surface area contributed by atoms with Crippen molar-refractivity contribution in [1.29, 1.82) is 0 Å². The van der Waals surface area contributed by atoms with Crippen LogP contribution in [0.2, 0.25) is 0 Å². The van der Waals surface area contributed by atoms with Crippen LogP contribution in [0.15, 0.2) is 48.6 Å². The Hall–Kier alpha value is -2.19. The van der Waals surface area contributed by atoms with Crippen LogP contribution in [0.5, 0.6) is 0 Å². The van der Waals surface area contributed by atoms with Gasteiger partial charge in [0.2, 0.25) is 0 Å². The van der Waals surface area contributed by atoms with Crippen molar-refractivity contribution in [2.45, 2.75) is 179 Å². The number of carbonyl (C=O) groups is 2. The minimum Gasteiger partial charge on any atom is -0.462 e. The summed E-state index contributed by atoms with van der Waals surface area (Å²) in [6.07, 6.45) is 28.8. The summed E-state index contributed by atoms with van der Waals surface area (Å²) in [6, 6.07) is 0. The number of esters is 2. The SMILES string of the molecule is CCCCCC/C=C\C=C/CCCCCCCC(=O)OC[C@H](COP(=O)(O)OC[C@@H](O)CO)OC(=O)CCC/C=C/C[C@@H]1[C@@H](/C=C/[C@@H](O)CCCCC)[C@H](O)C[C@@H]1O. The van der Waals surface area contributed by atoms with Gasteiger partial charge in [0, 0.05) is 25.2 Å². The molecule has 1 unspecified atom stereocenters. The van der Waals surface area contributed by atoms with Gasteiger partial charge in [-0.15, -0.1) is 0 Å². The van der Waals surface area contributed by atoms with Crippen LogP contribution in [-0.4, -0.2) is 99.3 Å². The van der Waals surface area contributed by atoms with E-state index in [4.69, 9.17) is 19.1 Å². The fraction of sp³-hybridized carbons (Fsp3) is 0.773. The molecule has 0 radical (unpaired) electrons. The molecule has 336 valence electrons. The Morgan fingerprint density at radius 2 is 1.33 bits per heavy atom. The molecule has 0 aromatic heterocycles. The van der Waals surface area contributed by atoms with Crippen LogP contribution in [-0.2, 0) is 32.7 Å². The summed E-state index contributed by atoms with van der Waals surface area (Å²) < 4.78 is 32.7. The summed E-state index contributed by atoms with van der Waals surface area (Å²) >= 11 is 0. The number of carbonyl (C=O) groups excluding carboxylic acids is 2. The zero-order valence-corrected chi connectivity index (χ0v) is 36.2. The average molecular weight is 845 g/mol. The molecule has 0 bridgehead atoms. The largest absolute Gasteiger partial charge is 0.472 e. The molecular weight excluding hydrogens is 767 g/mol. The third-order valence-corrected chi connectivity index (χ3v) is 11.0.